The zero-order valence-corrected chi connectivity index (χ0v) is 15.3. The first-order valence-corrected chi connectivity index (χ1v) is 8.78. The maximum atomic E-state index is 12.4. The Bertz CT molecular complexity index is 634. The first kappa shape index (κ1) is 20.4. The van der Waals surface area contributed by atoms with Gasteiger partial charge in [0.2, 0.25) is 5.91 Å². The number of hydrogen-bond donors (Lipinski definition) is 1. The maximum absolute atomic E-state index is 12.4. The molecule has 1 saturated heterocycles. The number of hydrogen-bond acceptors (Lipinski definition) is 2. The van der Waals surface area contributed by atoms with Gasteiger partial charge in [-0.2, -0.15) is 13.2 Å². The quantitative estimate of drug-likeness (QED) is 0.621. The number of aliphatic imine (C=N–C) groups is 1. The standard InChI is InChI=1S/C17H22ClF3N4O/c1-2-22-16(23-8-7-17(19,20)21)25-10-9-24(15(26)12-25)11-13-3-5-14(18)6-4-13/h3-6H,2,7-12H2,1H3,(H,22,23). The fraction of sp³-hybridized carbons (Fsp3) is 0.529. The minimum atomic E-state index is -4.24. The van der Waals surface area contributed by atoms with Crippen LogP contribution in [-0.2, 0) is 11.3 Å². The highest BCUT2D eigenvalue weighted by atomic mass is 35.5. The highest BCUT2D eigenvalue weighted by Crippen LogP contribution is 2.19. The van der Waals surface area contributed by atoms with E-state index in [2.05, 4.69) is 10.3 Å². The molecular formula is C17H22ClF3N4O. The van der Waals surface area contributed by atoms with E-state index in [0.717, 1.165) is 5.56 Å². The highest BCUT2D eigenvalue weighted by molar-refractivity contribution is 6.30. The number of nitrogens with zero attached hydrogens (tertiary/aromatic N) is 3. The molecule has 0 bridgehead atoms. The van der Waals surface area contributed by atoms with Crippen LogP contribution in [0, 0.1) is 0 Å². The van der Waals surface area contributed by atoms with E-state index in [4.69, 9.17) is 11.6 Å². The number of piperazine rings is 1. The van der Waals surface area contributed by atoms with Gasteiger partial charge in [0.15, 0.2) is 5.96 Å². The molecule has 1 amide bonds. The van der Waals surface area contributed by atoms with Crippen molar-refractivity contribution in [3.63, 3.8) is 0 Å². The van der Waals surface area contributed by atoms with Gasteiger partial charge in [-0.1, -0.05) is 23.7 Å². The number of benzene rings is 1. The number of carbonyl (C=O) groups is 1. The minimum absolute atomic E-state index is 0.0887. The molecule has 0 aromatic heterocycles. The lowest BCUT2D eigenvalue weighted by molar-refractivity contribution is -0.135. The molecule has 0 spiro atoms. The average molecular weight is 391 g/mol. The predicted molar refractivity (Wildman–Crippen MR) is 95.1 cm³/mol. The molecule has 0 saturated carbocycles. The number of alkyl halides is 3. The second-order valence-electron chi connectivity index (χ2n) is 5.96. The van der Waals surface area contributed by atoms with Gasteiger partial charge >= 0.3 is 6.18 Å². The van der Waals surface area contributed by atoms with E-state index in [1.54, 1.807) is 21.9 Å². The largest absolute Gasteiger partial charge is 0.390 e. The molecule has 1 aliphatic rings. The summed E-state index contributed by atoms with van der Waals surface area (Å²) in [7, 11) is 0. The normalized spacial score (nSPS) is 16.2. The van der Waals surface area contributed by atoms with Gasteiger partial charge in [-0.05, 0) is 24.6 Å². The van der Waals surface area contributed by atoms with Crippen molar-refractivity contribution >= 4 is 23.5 Å². The zero-order chi connectivity index (χ0) is 19.2. The van der Waals surface area contributed by atoms with Gasteiger partial charge < -0.3 is 15.1 Å². The zero-order valence-electron chi connectivity index (χ0n) is 14.5. The molecule has 5 nitrogen and oxygen atoms in total. The SMILES string of the molecule is CCNC(=NCCC(F)(F)F)N1CCN(Cc2ccc(Cl)cc2)C(=O)C1. The second-order valence-corrected chi connectivity index (χ2v) is 6.40. The van der Waals surface area contributed by atoms with Gasteiger partial charge in [-0.3, -0.25) is 9.79 Å². The van der Waals surface area contributed by atoms with Crippen molar-refractivity contribution in [2.45, 2.75) is 26.1 Å². The lowest BCUT2D eigenvalue weighted by Crippen LogP contribution is -2.55. The van der Waals surface area contributed by atoms with Crippen molar-refractivity contribution in [2.75, 3.05) is 32.7 Å². The minimum Gasteiger partial charge on any atom is -0.357 e. The Morgan fingerprint density at radius 1 is 1.27 bits per heavy atom. The third kappa shape index (κ3) is 6.40. The van der Waals surface area contributed by atoms with Crippen molar-refractivity contribution in [3.05, 3.63) is 34.9 Å². The summed E-state index contributed by atoms with van der Waals surface area (Å²) in [6.07, 6.45) is -5.22. The van der Waals surface area contributed by atoms with Crippen molar-refractivity contribution in [1.82, 2.24) is 15.1 Å². The molecular weight excluding hydrogens is 369 g/mol. The van der Waals surface area contributed by atoms with E-state index in [9.17, 15) is 18.0 Å². The summed E-state index contributed by atoms with van der Waals surface area (Å²) in [6.45, 7) is 3.55. The summed E-state index contributed by atoms with van der Waals surface area (Å²) < 4.78 is 36.9. The Balaban J connectivity index is 1.94. The summed E-state index contributed by atoms with van der Waals surface area (Å²) in [5.74, 6) is 0.254. The van der Waals surface area contributed by atoms with Crippen LogP contribution in [0.3, 0.4) is 0 Å². The van der Waals surface area contributed by atoms with Crippen LogP contribution in [0.25, 0.3) is 0 Å². The Labute approximate surface area is 155 Å². The Kier molecular flexibility index (Phi) is 7.14. The smallest absolute Gasteiger partial charge is 0.357 e. The van der Waals surface area contributed by atoms with E-state index >= 15 is 0 Å². The fourth-order valence-electron chi connectivity index (χ4n) is 2.58. The monoisotopic (exact) mass is 390 g/mol. The number of rotatable bonds is 5. The number of carbonyl (C=O) groups excluding carboxylic acids is 1. The summed E-state index contributed by atoms with van der Waals surface area (Å²) in [4.78, 5) is 19.8. The molecule has 0 aliphatic carbocycles. The van der Waals surface area contributed by atoms with Gasteiger partial charge in [-0.15, -0.1) is 0 Å². The lowest BCUT2D eigenvalue weighted by Gasteiger charge is -2.36. The molecule has 9 heteroatoms. The van der Waals surface area contributed by atoms with Gasteiger partial charge in [0.05, 0.1) is 19.5 Å². The molecule has 144 valence electrons. The molecule has 1 aliphatic heterocycles. The van der Waals surface area contributed by atoms with Gasteiger partial charge in [0.25, 0.3) is 0 Å². The third-order valence-electron chi connectivity index (χ3n) is 3.90. The van der Waals surface area contributed by atoms with Crippen LogP contribution in [0.1, 0.15) is 18.9 Å². The molecule has 1 N–H and O–H groups in total. The molecule has 26 heavy (non-hydrogen) atoms. The van der Waals surface area contributed by atoms with Crippen molar-refractivity contribution in [3.8, 4) is 0 Å². The molecule has 1 fully saturated rings. The highest BCUT2D eigenvalue weighted by Gasteiger charge is 2.28. The number of guanidine groups is 1. The first-order chi connectivity index (χ1) is 12.3. The molecule has 1 heterocycles. The van der Waals surface area contributed by atoms with Gasteiger partial charge in [0, 0.05) is 31.2 Å². The van der Waals surface area contributed by atoms with E-state index in [-0.39, 0.29) is 19.0 Å². The number of nitrogens with one attached hydrogen (secondary N) is 1. The molecule has 1 aromatic carbocycles. The Morgan fingerprint density at radius 2 is 1.96 bits per heavy atom. The second kappa shape index (κ2) is 9.12. The Morgan fingerprint density at radius 3 is 2.54 bits per heavy atom. The van der Waals surface area contributed by atoms with Gasteiger partial charge in [-0.25, -0.2) is 0 Å². The lowest BCUT2D eigenvalue weighted by atomic mass is 10.2. The third-order valence-corrected chi connectivity index (χ3v) is 4.15. The van der Waals surface area contributed by atoms with Crippen molar-refractivity contribution < 1.29 is 18.0 Å². The predicted octanol–water partition coefficient (Wildman–Crippen LogP) is 2.90. The van der Waals surface area contributed by atoms with Crippen LogP contribution >= 0.6 is 11.6 Å². The summed E-state index contributed by atoms with van der Waals surface area (Å²) >= 11 is 5.86. The molecule has 0 unspecified atom stereocenters. The molecule has 0 atom stereocenters. The first-order valence-electron chi connectivity index (χ1n) is 8.40. The van der Waals surface area contributed by atoms with Crippen molar-refractivity contribution in [2.24, 2.45) is 4.99 Å². The topological polar surface area (TPSA) is 47.9 Å². The van der Waals surface area contributed by atoms with E-state index in [1.165, 1.54) is 0 Å². The maximum Gasteiger partial charge on any atom is 0.390 e. The molecule has 1 aromatic rings. The van der Waals surface area contributed by atoms with Crippen molar-refractivity contribution in [1.29, 1.82) is 0 Å². The van der Waals surface area contributed by atoms with Crippen LogP contribution in [0.5, 0.6) is 0 Å². The summed E-state index contributed by atoms with van der Waals surface area (Å²) in [5.41, 5.74) is 0.974. The van der Waals surface area contributed by atoms with Crippen LogP contribution in [0.2, 0.25) is 5.02 Å². The van der Waals surface area contributed by atoms with Crippen LogP contribution in [0.15, 0.2) is 29.3 Å². The molecule has 0 radical (unpaired) electrons. The number of amides is 1. The Hall–Kier alpha value is -1.96. The number of halogens is 4. The van der Waals surface area contributed by atoms with Crippen LogP contribution in [0.4, 0.5) is 13.2 Å². The van der Waals surface area contributed by atoms with Gasteiger partial charge in [0.1, 0.15) is 0 Å². The summed E-state index contributed by atoms with van der Waals surface area (Å²) in [6, 6.07) is 7.28. The summed E-state index contributed by atoms with van der Waals surface area (Å²) in [5, 5.41) is 3.59. The van der Waals surface area contributed by atoms with Crippen LogP contribution in [-0.4, -0.2) is 60.6 Å². The van der Waals surface area contributed by atoms with E-state index in [1.807, 2.05) is 19.1 Å². The van der Waals surface area contributed by atoms with E-state index < -0.39 is 12.6 Å². The van der Waals surface area contributed by atoms with E-state index in [0.29, 0.717) is 37.2 Å². The average Bonchev–Trinajstić information content (AvgIpc) is 2.57. The fourth-order valence-corrected chi connectivity index (χ4v) is 2.71. The van der Waals surface area contributed by atoms with Crippen LogP contribution < -0.4 is 5.32 Å². The molecule has 2 rings (SSSR count).